The number of benzene rings is 1. The molecule has 2 atom stereocenters. The minimum absolute atomic E-state index is 0.0772. The molecule has 1 fully saturated rings. The Hall–Kier alpha value is -1.35. The summed E-state index contributed by atoms with van der Waals surface area (Å²) in [7, 11) is 0. The Morgan fingerprint density at radius 1 is 1.22 bits per heavy atom. The van der Waals surface area contributed by atoms with Crippen LogP contribution in [0, 0.1) is 5.92 Å². The van der Waals surface area contributed by atoms with Gasteiger partial charge in [0.15, 0.2) is 0 Å². The molecule has 0 bridgehead atoms. The molecule has 1 saturated heterocycles. The van der Waals surface area contributed by atoms with Crippen molar-refractivity contribution in [2.45, 2.75) is 32.3 Å². The molecule has 18 heavy (non-hydrogen) atoms. The van der Waals surface area contributed by atoms with E-state index in [1.807, 2.05) is 39.0 Å². The third kappa shape index (κ3) is 3.10. The van der Waals surface area contributed by atoms with Crippen LogP contribution in [0.3, 0.4) is 0 Å². The summed E-state index contributed by atoms with van der Waals surface area (Å²) in [5.74, 6) is 0.0500. The van der Waals surface area contributed by atoms with Gasteiger partial charge in [-0.2, -0.15) is 0 Å². The van der Waals surface area contributed by atoms with E-state index < -0.39 is 5.60 Å². The van der Waals surface area contributed by atoms with Crippen LogP contribution in [0.15, 0.2) is 30.3 Å². The number of carbonyl (C=O) groups excluding carboxylic acids is 1. The molecule has 3 heteroatoms. The Bertz CT molecular complexity index is 408. The SMILES string of the molecule is CC(C)(C)OC(=O)[C@@H]1CNC[C@@H]1c1ccccc1. The van der Waals surface area contributed by atoms with Gasteiger partial charge < -0.3 is 10.1 Å². The highest BCUT2D eigenvalue weighted by Crippen LogP contribution is 2.29. The van der Waals surface area contributed by atoms with Gasteiger partial charge in [0, 0.05) is 19.0 Å². The monoisotopic (exact) mass is 247 g/mol. The summed E-state index contributed by atoms with van der Waals surface area (Å²) in [6.07, 6.45) is 0. The molecule has 98 valence electrons. The lowest BCUT2D eigenvalue weighted by Gasteiger charge is -2.24. The zero-order valence-corrected chi connectivity index (χ0v) is 11.3. The minimum atomic E-state index is -0.416. The summed E-state index contributed by atoms with van der Waals surface area (Å²) >= 11 is 0. The van der Waals surface area contributed by atoms with Crippen LogP contribution >= 0.6 is 0 Å². The number of carbonyl (C=O) groups is 1. The van der Waals surface area contributed by atoms with Crippen LogP contribution < -0.4 is 5.32 Å². The largest absolute Gasteiger partial charge is 0.460 e. The quantitative estimate of drug-likeness (QED) is 0.815. The second-order valence-electron chi connectivity index (χ2n) is 5.82. The van der Waals surface area contributed by atoms with E-state index in [4.69, 9.17) is 4.74 Å². The van der Waals surface area contributed by atoms with Crippen molar-refractivity contribution in [3.05, 3.63) is 35.9 Å². The predicted molar refractivity (Wildman–Crippen MR) is 71.4 cm³/mol. The van der Waals surface area contributed by atoms with Crippen molar-refractivity contribution < 1.29 is 9.53 Å². The molecule has 1 aliphatic heterocycles. The van der Waals surface area contributed by atoms with Crippen molar-refractivity contribution in [2.75, 3.05) is 13.1 Å². The summed E-state index contributed by atoms with van der Waals surface area (Å²) in [6, 6.07) is 10.2. The number of ether oxygens (including phenoxy) is 1. The maximum absolute atomic E-state index is 12.2. The van der Waals surface area contributed by atoms with E-state index in [0.29, 0.717) is 6.54 Å². The van der Waals surface area contributed by atoms with Crippen molar-refractivity contribution in [1.29, 1.82) is 0 Å². The molecule has 0 radical (unpaired) electrons. The average molecular weight is 247 g/mol. The van der Waals surface area contributed by atoms with Crippen LogP contribution in [-0.4, -0.2) is 24.7 Å². The van der Waals surface area contributed by atoms with Crippen molar-refractivity contribution >= 4 is 5.97 Å². The van der Waals surface area contributed by atoms with E-state index in [9.17, 15) is 4.79 Å². The highest BCUT2D eigenvalue weighted by Gasteiger charge is 2.36. The predicted octanol–water partition coefficient (Wildman–Crippen LogP) is 2.33. The molecule has 0 aromatic heterocycles. The fourth-order valence-corrected chi connectivity index (χ4v) is 2.35. The van der Waals surface area contributed by atoms with Crippen LogP contribution in [0.5, 0.6) is 0 Å². The first-order valence-electron chi connectivity index (χ1n) is 6.46. The molecule has 0 saturated carbocycles. The zero-order valence-electron chi connectivity index (χ0n) is 11.3. The molecule has 1 aromatic rings. The summed E-state index contributed by atoms with van der Waals surface area (Å²) < 4.78 is 5.49. The summed E-state index contributed by atoms with van der Waals surface area (Å²) in [5, 5.41) is 3.29. The first-order valence-corrected chi connectivity index (χ1v) is 6.46. The topological polar surface area (TPSA) is 38.3 Å². The van der Waals surface area contributed by atoms with Crippen molar-refractivity contribution in [1.82, 2.24) is 5.32 Å². The fraction of sp³-hybridized carbons (Fsp3) is 0.533. The highest BCUT2D eigenvalue weighted by molar-refractivity contribution is 5.75. The summed E-state index contributed by atoms with van der Waals surface area (Å²) in [5.41, 5.74) is 0.791. The van der Waals surface area contributed by atoms with Crippen LogP contribution in [-0.2, 0) is 9.53 Å². The number of rotatable bonds is 2. The van der Waals surface area contributed by atoms with Crippen LogP contribution in [0.4, 0.5) is 0 Å². The molecule has 0 aliphatic carbocycles. The van der Waals surface area contributed by atoms with Gasteiger partial charge in [0.05, 0.1) is 5.92 Å². The molecular formula is C15H21NO2. The van der Waals surface area contributed by atoms with Gasteiger partial charge in [-0.15, -0.1) is 0 Å². The zero-order chi connectivity index (χ0) is 13.2. The van der Waals surface area contributed by atoms with Crippen molar-refractivity contribution in [3.8, 4) is 0 Å². The molecule has 3 nitrogen and oxygen atoms in total. The Labute approximate surface area is 109 Å². The number of nitrogens with one attached hydrogen (secondary N) is 1. The maximum atomic E-state index is 12.2. The fourth-order valence-electron chi connectivity index (χ4n) is 2.35. The second kappa shape index (κ2) is 5.11. The van der Waals surface area contributed by atoms with E-state index in [-0.39, 0.29) is 17.8 Å². The van der Waals surface area contributed by atoms with Crippen molar-refractivity contribution in [2.24, 2.45) is 5.92 Å². The van der Waals surface area contributed by atoms with Crippen LogP contribution in [0.2, 0.25) is 0 Å². The van der Waals surface area contributed by atoms with Crippen molar-refractivity contribution in [3.63, 3.8) is 0 Å². The normalized spacial score (nSPS) is 23.9. The van der Waals surface area contributed by atoms with Gasteiger partial charge in [-0.05, 0) is 26.3 Å². The molecule has 1 aliphatic rings. The standard InChI is InChI=1S/C15H21NO2/c1-15(2,3)18-14(17)13-10-16-9-12(13)11-7-5-4-6-8-11/h4-8,12-13,16H,9-10H2,1-3H3/t12-,13-/m1/s1. The molecular weight excluding hydrogens is 226 g/mol. The van der Waals surface area contributed by atoms with E-state index in [1.54, 1.807) is 0 Å². The second-order valence-corrected chi connectivity index (χ2v) is 5.82. The maximum Gasteiger partial charge on any atom is 0.311 e. The summed E-state index contributed by atoms with van der Waals surface area (Å²) in [4.78, 5) is 12.2. The smallest absolute Gasteiger partial charge is 0.311 e. The van der Waals surface area contributed by atoms with E-state index >= 15 is 0 Å². The van der Waals surface area contributed by atoms with Gasteiger partial charge >= 0.3 is 5.97 Å². The molecule has 2 rings (SSSR count). The Balaban J connectivity index is 2.11. The van der Waals surface area contributed by atoms with Gasteiger partial charge in [0.25, 0.3) is 0 Å². The first kappa shape index (κ1) is 13.1. The van der Waals surface area contributed by atoms with Crippen LogP contribution in [0.25, 0.3) is 0 Å². The van der Waals surface area contributed by atoms with Gasteiger partial charge in [0.2, 0.25) is 0 Å². The first-order chi connectivity index (χ1) is 8.47. The van der Waals surface area contributed by atoms with E-state index in [2.05, 4.69) is 17.4 Å². The highest BCUT2D eigenvalue weighted by atomic mass is 16.6. The number of hydrogen-bond donors (Lipinski definition) is 1. The lowest BCUT2D eigenvalue weighted by atomic mass is 9.89. The molecule has 1 aromatic carbocycles. The Morgan fingerprint density at radius 3 is 2.50 bits per heavy atom. The average Bonchev–Trinajstić information content (AvgIpc) is 2.76. The van der Waals surface area contributed by atoms with Gasteiger partial charge in [-0.3, -0.25) is 4.79 Å². The van der Waals surface area contributed by atoms with Gasteiger partial charge in [-0.1, -0.05) is 30.3 Å². The minimum Gasteiger partial charge on any atom is -0.460 e. The van der Waals surface area contributed by atoms with Gasteiger partial charge in [-0.25, -0.2) is 0 Å². The lowest BCUT2D eigenvalue weighted by molar-refractivity contribution is -0.159. The van der Waals surface area contributed by atoms with E-state index in [1.165, 1.54) is 5.56 Å². The number of hydrogen-bond acceptors (Lipinski definition) is 3. The third-order valence-corrected chi connectivity index (χ3v) is 3.15. The molecule has 0 spiro atoms. The third-order valence-electron chi connectivity index (χ3n) is 3.15. The van der Waals surface area contributed by atoms with Crippen LogP contribution in [0.1, 0.15) is 32.3 Å². The molecule has 0 unspecified atom stereocenters. The Kier molecular flexibility index (Phi) is 3.71. The van der Waals surface area contributed by atoms with E-state index in [0.717, 1.165) is 6.54 Å². The summed E-state index contributed by atoms with van der Waals surface area (Å²) in [6.45, 7) is 7.27. The molecule has 1 heterocycles. The molecule has 1 N–H and O–H groups in total. The Morgan fingerprint density at radius 2 is 1.89 bits per heavy atom. The number of esters is 1. The van der Waals surface area contributed by atoms with Gasteiger partial charge in [0.1, 0.15) is 5.60 Å². The molecule has 0 amide bonds. The lowest BCUT2D eigenvalue weighted by Crippen LogP contribution is -2.31.